The molecule has 3 heteroatoms. The van der Waals surface area contributed by atoms with E-state index in [9.17, 15) is 0 Å². The minimum absolute atomic E-state index is 0.827. The molecule has 1 aromatic carbocycles. The van der Waals surface area contributed by atoms with Crippen LogP contribution in [-0.4, -0.2) is 12.1 Å². The summed E-state index contributed by atoms with van der Waals surface area (Å²) in [5.41, 5.74) is 3.88. The highest BCUT2D eigenvalue weighted by molar-refractivity contribution is 7.17. The summed E-state index contributed by atoms with van der Waals surface area (Å²) in [6.07, 6.45) is 1.82. The quantitative estimate of drug-likeness (QED) is 0.728. The molecule has 0 bridgehead atoms. The molecule has 2 rings (SSSR count). The number of hydrogen-bond donors (Lipinski definition) is 0. The molecule has 0 unspecified atom stereocenters. The van der Waals surface area contributed by atoms with Crippen LogP contribution >= 0.6 is 11.3 Å². The summed E-state index contributed by atoms with van der Waals surface area (Å²) in [5.74, 6) is 0.827. The van der Waals surface area contributed by atoms with Crippen molar-refractivity contribution >= 4 is 27.6 Å². The predicted octanol–water partition coefficient (Wildman–Crippen LogP) is 2.95. The lowest BCUT2D eigenvalue weighted by atomic mass is 10.2. The molecule has 1 heterocycles. The van der Waals surface area contributed by atoms with Gasteiger partial charge in [0.2, 0.25) is 0 Å². The number of nitrogens with zero attached hydrogens (tertiary/aromatic N) is 1. The molecule has 0 aliphatic heterocycles. The molecule has 0 radical (unpaired) electrons. The molecule has 0 amide bonds. The zero-order valence-electron chi connectivity index (χ0n) is 7.28. The highest BCUT2D eigenvalue weighted by Gasteiger charge is 2.03. The summed E-state index contributed by atoms with van der Waals surface area (Å²) >= 11 is 1.62. The molecule has 1 aromatic heterocycles. The maximum atomic E-state index is 5.15. The number of fused-ring (bicyclic) bond motifs is 1. The van der Waals surface area contributed by atoms with Crippen LogP contribution in [0.4, 0.5) is 0 Å². The van der Waals surface area contributed by atoms with Gasteiger partial charge in [-0.25, -0.2) is 4.98 Å². The Hall–Kier alpha value is -1.35. The van der Waals surface area contributed by atoms with Gasteiger partial charge in [0.25, 0.3) is 0 Å². The molecule has 0 aliphatic rings. The van der Waals surface area contributed by atoms with E-state index in [4.69, 9.17) is 4.74 Å². The third-order valence-corrected chi connectivity index (χ3v) is 2.78. The van der Waals surface area contributed by atoms with E-state index >= 15 is 0 Å². The van der Waals surface area contributed by atoms with E-state index in [1.807, 2.05) is 23.7 Å². The summed E-state index contributed by atoms with van der Waals surface area (Å²) in [7, 11) is 1.65. The largest absolute Gasteiger partial charge is 0.497 e. The fourth-order valence-corrected chi connectivity index (χ4v) is 2.02. The van der Waals surface area contributed by atoms with Crippen LogP contribution in [0, 0.1) is 0 Å². The van der Waals surface area contributed by atoms with Crippen LogP contribution in [0.25, 0.3) is 16.3 Å². The van der Waals surface area contributed by atoms with E-state index in [0.29, 0.717) is 0 Å². The topological polar surface area (TPSA) is 22.1 Å². The van der Waals surface area contributed by atoms with Crippen molar-refractivity contribution in [1.82, 2.24) is 4.98 Å². The van der Waals surface area contributed by atoms with E-state index < -0.39 is 0 Å². The maximum Gasteiger partial charge on any atom is 0.121 e. The van der Waals surface area contributed by atoms with Crippen molar-refractivity contribution in [2.45, 2.75) is 0 Å². The van der Waals surface area contributed by atoms with Crippen LogP contribution in [0.2, 0.25) is 0 Å². The smallest absolute Gasteiger partial charge is 0.121 e. The SMILES string of the molecule is C=Cc1cc(OC)cc2ncsc12. The molecule has 0 aliphatic carbocycles. The third kappa shape index (κ3) is 1.31. The first-order valence-corrected chi connectivity index (χ1v) is 4.77. The molecule has 0 fully saturated rings. The van der Waals surface area contributed by atoms with Gasteiger partial charge >= 0.3 is 0 Å². The van der Waals surface area contributed by atoms with Crippen molar-refractivity contribution in [2.24, 2.45) is 0 Å². The van der Waals surface area contributed by atoms with Gasteiger partial charge in [0.15, 0.2) is 0 Å². The molecule has 0 atom stereocenters. The molecule has 0 saturated heterocycles. The van der Waals surface area contributed by atoms with E-state index in [-0.39, 0.29) is 0 Å². The lowest BCUT2D eigenvalue weighted by Gasteiger charge is -2.01. The van der Waals surface area contributed by atoms with E-state index in [1.165, 1.54) is 0 Å². The van der Waals surface area contributed by atoms with Crippen molar-refractivity contribution in [1.29, 1.82) is 0 Å². The summed E-state index contributed by atoms with van der Waals surface area (Å²) in [4.78, 5) is 4.23. The second kappa shape index (κ2) is 3.18. The molecule has 2 aromatic rings. The lowest BCUT2D eigenvalue weighted by Crippen LogP contribution is -1.83. The van der Waals surface area contributed by atoms with Crippen LogP contribution in [0.15, 0.2) is 24.2 Å². The zero-order valence-corrected chi connectivity index (χ0v) is 8.10. The van der Waals surface area contributed by atoms with Gasteiger partial charge in [-0.3, -0.25) is 0 Å². The first kappa shape index (κ1) is 8.26. The standard InChI is InChI=1S/C10H9NOS/c1-3-7-4-8(12-2)5-9-10(7)13-6-11-9/h3-6H,1H2,2H3. The molecular weight excluding hydrogens is 182 g/mol. The Morgan fingerprint density at radius 1 is 1.54 bits per heavy atom. The second-order valence-corrected chi connectivity index (χ2v) is 3.48. The summed E-state index contributed by atoms with van der Waals surface area (Å²) in [6, 6.07) is 3.90. The Morgan fingerprint density at radius 2 is 2.38 bits per heavy atom. The number of methoxy groups -OCH3 is 1. The predicted molar refractivity (Wildman–Crippen MR) is 56.3 cm³/mol. The van der Waals surface area contributed by atoms with Crippen molar-refractivity contribution in [3.05, 3.63) is 29.8 Å². The van der Waals surface area contributed by atoms with E-state index in [1.54, 1.807) is 18.4 Å². The van der Waals surface area contributed by atoms with Gasteiger partial charge in [0, 0.05) is 6.07 Å². The average molecular weight is 191 g/mol. The number of aromatic nitrogens is 1. The molecule has 66 valence electrons. The van der Waals surface area contributed by atoms with Gasteiger partial charge in [-0.15, -0.1) is 11.3 Å². The summed E-state index contributed by atoms with van der Waals surface area (Å²) in [6.45, 7) is 3.76. The Labute approximate surface area is 80.5 Å². The van der Waals surface area contributed by atoms with Gasteiger partial charge in [-0.05, 0) is 11.6 Å². The molecule has 2 nitrogen and oxygen atoms in total. The number of rotatable bonds is 2. The average Bonchev–Trinajstić information content (AvgIpc) is 2.63. The number of benzene rings is 1. The highest BCUT2D eigenvalue weighted by atomic mass is 32.1. The summed E-state index contributed by atoms with van der Waals surface area (Å²) < 4.78 is 6.31. The third-order valence-electron chi connectivity index (χ3n) is 1.89. The van der Waals surface area contributed by atoms with E-state index in [0.717, 1.165) is 21.5 Å². The monoisotopic (exact) mass is 191 g/mol. The van der Waals surface area contributed by atoms with Crippen molar-refractivity contribution in [2.75, 3.05) is 7.11 Å². The Morgan fingerprint density at radius 3 is 3.08 bits per heavy atom. The van der Waals surface area contributed by atoms with Crippen LogP contribution in [-0.2, 0) is 0 Å². The zero-order chi connectivity index (χ0) is 9.26. The minimum atomic E-state index is 0.827. The van der Waals surface area contributed by atoms with Gasteiger partial charge in [-0.2, -0.15) is 0 Å². The molecule has 13 heavy (non-hydrogen) atoms. The van der Waals surface area contributed by atoms with Crippen molar-refractivity contribution < 1.29 is 4.74 Å². The van der Waals surface area contributed by atoms with Crippen molar-refractivity contribution in [3.63, 3.8) is 0 Å². The molecule has 0 spiro atoms. The molecule has 0 N–H and O–H groups in total. The molecule has 0 saturated carbocycles. The van der Waals surface area contributed by atoms with Crippen LogP contribution < -0.4 is 4.74 Å². The summed E-state index contributed by atoms with van der Waals surface area (Å²) in [5, 5.41) is 0. The minimum Gasteiger partial charge on any atom is -0.497 e. The number of hydrogen-bond acceptors (Lipinski definition) is 3. The van der Waals surface area contributed by atoms with Crippen LogP contribution in [0.5, 0.6) is 5.75 Å². The fraction of sp³-hybridized carbons (Fsp3) is 0.100. The van der Waals surface area contributed by atoms with Gasteiger partial charge in [-0.1, -0.05) is 12.7 Å². The normalized spacial score (nSPS) is 10.2. The van der Waals surface area contributed by atoms with Crippen LogP contribution in [0.3, 0.4) is 0 Å². The van der Waals surface area contributed by atoms with Gasteiger partial charge in [0.1, 0.15) is 5.75 Å². The Balaban J connectivity index is 2.77. The van der Waals surface area contributed by atoms with Crippen molar-refractivity contribution in [3.8, 4) is 5.75 Å². The van der Waals surface area contributed by atoms with E-state index in [2.05, 4.69) is 11.6 Å². The first-order chi connectivity index (χ1) is 6.35. The highest BCUT2D eigenvalue weighted by Crippen LogP contribution is 2.28. The number of ether oxygens (including phenoxy) is 1. The Bertz CT molecular complexity index is 447. The second-order valence-electron chi connectivity index (χ2n) is 2.62. The van der Waals surface area contributed by atoms with Gasteiger partial charge < -0.3 is 4.74 Å². The van der Waals surface area contributed by atoms with Gasteiger partial charge in [0.05, 0.1) is 22.8 Å². The fourth-order valence-electron chi connectivity index (χ4n) is 1.24. The number of thiazole rings is 1. The Kier molecular flexibility index (Phi) is 2.02. The lowest BCUT2D eigenvalue weighted by molar-refractivity contribution is 0.415. The first-order valence-electron chi connectivity index (χ1n) is 3.89. The van der Waals surface area contributed by atoms with Crippen LogP contribution in [0.1, 0.15) is 5.56 Å². The molecular formula is C10H9NOS. The maximum absolute atomic E-state index is 5.15.